The first-order valence-electron chi connectivity index (χ1n) is 13.1. The van der Waals surface area contributed by atoms with Crippen LogP contribution in [0.4, 0.5) is 13.2 Å². The number of hydrogen-bond acceptors (Lipinski definition) is 5. The highest BCUT2D eigenvalue weighted by molar-refractivity contribution is 9.10. The summed E-state index contributed by atoms with van der Waals surface area (Å²) in [5, 5.41) is 7.14. The van der Waals surface area contributed by atoms with E-state index < -0.39 is 35.2 Å². The summed E-state index contributed by atoms with van der Waals surface area (Å²) < 4.78 is 43.3. The van der Waals surface area contributed by atoms with Crippen molar-refractivity contribution in [2.45, 2.75) is 46.0 Å². The Morgan fingerprint density at radius 3 is 2.44 bits per heavy atom. The summed E-state index contributed by atoms with van der Waals surface area (Å²) in [6.45, 7) is 5.19. The van der Waals surface area contributed by atoms with Crippen LogP contribution in [0, 0.1) is 13.8 Å². The molecular formula is C29H25BrClF3N6O3. The molecule has 0 radical (unpaired) electrons. The molecule has 1 aliphatic heterocycles. The molecule has 3 heterocycles. The zero-order valence-electron chi connectivity index (χ0n) is 23.4. The fraction of sp³-hybridized carbons (Fsp3) is 0.276. The third-order valence-electron chi connectivity index (χ3n) is 7.26. The number of rotatable bonds is 4. The minimum atomic E-state index is -4.65. The zero-order chi connectivity index (χ0) is 31.4. The maximum atomic E-state index is 14.1. The number of halogens is 5. The SMILES string of the molecule is CNC(=O)c1ccc(-n2c(-n3nc(C)cc3C)nc3c(c2=O)CC(C)N(C(=O)c2ccc(Br)c(C(F)(F)F)c2)C3)cc1Cl. The van der Waals surface area contributed by atoms with E-state index in [1.54, 1.807) is 32.9 Å². The van der Waals surface area contributed by atoms with Gasteiger partial charge in [-0.05, 0) is 69.7 Å². The number of aryl methyl sites for hydroxylation is 2. The quantitative estimate of drug-likeness (QED) is 0.311. The van der Waals surface area contributed by atoms with Gasteiger partial charge in [0.1, 0.15) is 0 Å². The number of fused-ring (bicyclic) bond motifs is 1. The fourth-order valence-electron chi connectivity index (χ4n) is 5.13. The average molecular weight is 678 g/mol. The highest BCUT2D eigenvalue weighted by atomic mass is 79.9. The zero-order valence-corrected chi connectivity index (χ0v) is 25.7. The molecular weight excluding hydrogens is 653 g/mol. The van der Waals surface area contributed by atoms with Crippen LogP contribution in [0.15, 0.2) is 51.7 Å². The molecule has 0 fully saturated rings. The van der Waals surface area contributed by atoms with E-state index in [9.17, 15) is 27.6 Å². The van der Waals surface area contributed by atoms with Gasteiger partial charge in [-0.1, -0.05) is 27.5 Å². The number of amides is 2. The molecule has 1 unspecified atom stereocenters. The van der Waals surface area contributed by atoms with Crippen molar-refractivity contribution in [2.24, 2.45) is 0 Å². The van der Waals surface area contributed by atoms with E-state index in [1.165, 1.54) is 45.5 Å². The number of nitrogens with one attached hydrogen (secondary N) is 1. The summed E-state index contributed by atoms with van der Waals surface area (Å²) in [6.07, 6.45) is -4.55. The van der Waals surface area contributed by atoms with Gasteiger partial charge in [-0.3, -0.25) is 14.4 Å². The summed E-state index contributed by atoms with van der Waals surface area (Å²) in [5.74, 6) is -0.882. The molecule has 14 heteroatoms. The number of benzene rings is 2. The Labute approximate surface area is 257 Å². The lowest BCUT2D eigenvalue weighted by atomic mass is 9.98. The van der Waals surface area contributed by atoms with Gasteiger partial charge in [0, 0.05) is 34.4 Å². The number of aromatic nitrogens is 4. The Bertz CT molecular complexity index is 1850. The van der Waals surface area contributed by atoms with Crippen LogP contribution in [0.1, 0.15) is 55.8 Å². The molecule has 0 bridgehead atoms. The first-order valence-corrected chi connectivity index (χ1v) is 14.3. The van der Waals surface area contributed by atoms with Gasteiger partial charge >= 0.3 is 6.18 Å². The fourth-order valence-corrected chi connectivity index (χ4v) is 5.86. The van der Waals surface area contributed by atoms with Gasteiger partial charge in [-0.25, -0.2) is 14.2 Å². The van der Waals surface area contributed by atoms with Crippen molar-refractivity contribution in [1.82, 2.24) is 29.5 Å². The molecule has 0 aliphatic carbocycles. The third-order valence-corrected chi connectivity index (χ3v) is 8.26. The Kier molecular flexibility index (Phi) is 7.99. The second-order valence-electron chi connectivity index (χ2n) is 10.2. The maximum Gasteiger partial charge on any atom is 0.417 e. The molecule has 1 N–H and O–H groups in total. The molecule has 0 saturated heterocycles. The second kappa shape index (κ2) is 11.3. The first-order chi connectivity index (χ1) is 20.2. The topological polar surface area (TPSA) is 102 Å². The number of hydrogen-bond donors (Lipinski definition) is 1. The molecule has 1 aliphatic rings. The van der Waals surface area contributed by atoms with Gasteiger partial charge in [0.05, 0.1) is 39.8 Å². The number of nitrogens with zero attached hydrogens (tertiary/aromatic N) is 5. The van der Waals surface area contributed by atoms with Crippen molar-refractivity contribution in [3.05, 3.63) is 102 Å². The third kappa shape index (κ3) is 5.58. The number of alkyl halides is 3. The normalized spacial score (nSPS) is 14.9. The standard InChI is InChI=1S/C29H25BrClF3N6O3/c1-14-9-16(3)40(37-14)28-36-24-13-38(26(42)17-5-8-22(30)21(11-17)29(32,33)34)15(2)10-20(24)27(43)39(28)18-6-7-19(23(31)12-18)25(41)35-4/h5-9,11-12,15H,10,13H2,1-4H3,(H,35,41). The molecule has 224 valence electrons. The minimum Gasteiger partial charge on any atom is -0.355 e. The molecule has 5 rings (SSSR count). The van der Waals surface area contributed by atoms with E-state index in [0.29, 0.717) is 28.3 Å². The van der Waals surface area contributed by atoms with Crippen molar-refractivity contribution in [3.63, 3.8) is 0 Å². The molecule has 2 aromatic heterocycles. The molecule has 43 heavy (non-hydrogen) atoms. The first kappa shape index (κ1) is 30.5. The lowest BCUT2D eigenvalue weighted by molar-refractivity contribution is -0.138. The van der Waals surface area contributed by atoms with E-state index >= 15 is 0 Å². The van der Waals surface area contributed by atoms with Crippen LogP contribution in [0.3, 0.4) is 0 Å². The van der Waals surface area contributed by atoms with Crippen LogP contribution in [-0.2, 0) is 19.1 Å². The van der Waals surface area contributed by atoms with Crippen LogP contribution in [0.5, 0.6) is 0 Å². The van der Waals surface area contributed by atoms with Gasteiger partial charge in [-0.2, -0.15) is 18.3 Å². The summed E-state index contributed by atoms with van der Waals surface area (Å²) in [4.78, 5) is 46.0. The van der Waals surface area contributed by atoms with Gasteiger partial charge in [-0.15, -0.1) is 0 Å². The second-order valence-corrected chi connectivity index (χ2v) is 11.5. The molecule has 1 atom stereocenters. The summed E-state index contributed by atoms with van der Waals surface area (Å²) in [5.41, 5.74) is 1.06. The van der Waals surface area contributed by atoms with E-state index in [-0.39, 0.29) is 39.5 Å². The Balaban J connectivity index is 1.64. The van der Waals surface area contributed by atoms with Crippen molar-refractivity contribution < 1.29 is 22.8 Å². The van der Waals surface area contributed by atoms with Crippen LogP contribution in [0.25, 0.3) is 11.6 Å². The van der Waals surface area contributed by atoms with Gasteiger partial charge in [0.2, 0.25) is 5.95 Å². The van der Waals surface area contributed by atoms with Crippen molar-refractivity contribution >= 4 is 39.3 Å². The Hall–Kier alpha value is -3.97. The predicted molar refractivity (Wildman–Crippen MR) is 157 cm³/mol. The Morgan fingerprint density at radius 2 is 1.84 bits per heavy atom. The van der Waals surface area contributed by atoms with E-state index in [4.69, 9.17) is 16.6 Å². The molecule has 2 aromatic carbocycles. The average Bonchev–Trinajstić information content (AvgIpc) is 3.29. The monoisotopic (exact) mass is 676 g/mol. The van der Waals surface area contributed by atoms with E-state index in [1.807, 2.05) is 0 Å². The summed E-state index contributed by atoms with van der Waals surface area (Å²) in [7, 11) is 1.48. The maximum absolute atomic E-state index is 14.1. The van der Waals surface area contributed by atoms with Crippen LogP contribution in [0.2, 0.25) is 5.02 Å². The molecule has 0 saturated carbocycles. The van der Waals surface area contributed by atoms with Gasteiger partial charge < -0.3 is 10.2 Å². The molecule has 2 amide bonds. The van der Waals surface area contributed by atoms with Crippen molar-refractivity contribution in [3.8, 4) is 11.6 Å². The van der Waals surface area contributed by atoms with Crippen LogP contribution < -0.4 is 10.9 Å². The van der Waals surface area contributed by atoms with Crippen LogP contribution >= 0.6 is 27.5 Å². The lowest BCUT2D eigenvalue weighted by Gasteiger charge is -2.34. The van der Waals surface area contributed by atoms with Crippen molar-refractivity contribution in [2.75, 3.05) is 7.05 Å². The highest BCUT2D eigenvalue weighted by Crippen LogP contribution is 2.36. The predicted octanol–water partition coefficient (Wildman–Crippen LogP) is 5.42. The minimum absolute atomic E-state index is 0.106. The smallest absolute Gasteiger partial charge is 0.355 e. The molecule has 4 aromatic rings. The molecule has 9 nitrogen and oxygen atoms in total. The van der Waals surface area contributed by atoms with Crippen LogP contribution in [-0.4, -0.2) is 49.1 Å². The van der Waals surface area contributed by atoms with E-state index in [0.717, 1.165) is 6.07 Å². The van der Waals surface area contributed by atoms with Crippen molar-refractivity contribution in [1.29, 1.82) is 0 Å². The summed E-state index contributed by atoms with van der Waals surface area (Å²) >= 11 is 9.34. The van der Waals surface area contributed by atoms with Gasteiger partial charge in [0.25, 0.3) is 17.4 Å². The Morgan fingerprint density at radius 1 is 1.12 bits per heavy atom. The summed E-state index contributed by atoms with van der Waals surface area (Å²) in [6, 6.07) is 9.18. The lowest BCUT2D eigenvalue weighted by Crippen LogP contribution is -2.46. The molecule has 0 spiro atoms. The number of carbonyl (C=O) groups is 2. The van der Waals surface area contributed by atoms with E-state index in [2.05, 4.69) is 26.3 Å². The highest BCUT2D eigenvalue weighted by Gasteiger charge is 2.36. The van der Waals surface area contributed by atoms with Gasteiger partial charge in [0.15, 0.2) is 0 Å². The largest absolute Gasteiger partial charge is 0.417 e. The number of carbonyl (C=O) groups excluding carboxylic acids is 2.